The molecule has 3 amide bonds. The van der Waals surface area contributed by atoms with Crippen LogP contribution in [0.4, 0.5) is 4.79 Å². The maximum atomic E-state index is 14.2. The number of carbonyl (C=O) groups is 3. The molecule has 0 fully saturated rings. The summed E-state index contributed by atoms with van der Waals surface area (Å²) >= 11 is 1.58. The number of nitrogens with zero attached hydrogens (tertiary/aromatic N) is 1. The Kier molecular flexibility index (Phi) is 14.2. The number of benzene rings is 1. The van der Waals surface area contributed by atoms with E-state index < -0.39 is 23.8 Å². The maximum absolute atomic E-state index is 14.2. The summed E-state index contributed by atoms with van der Waals surface area (Å²) in [5, 5.41) is 5.78. The molecule has 206 valence electrons. The van der Waals surface area contributed by atoms with E-state index in [9.17, 15) is 14.4 Å². The molecule has 0 saturated heterocycles. The van der Waals surface area contributed by atoms with Gasteiger partial charge in [-0.3, -0.25) is 9.59 Å². The summed E-state index contributed by atoms with van der Waals surface area (Å²) in [6.07, 6.45) is 11.0. The van der Waals surface area contributed by atoms with Crippen LogP contribution in [0.25, 0.3) is 0 Å². The van der Waals surface area contributed by atoms with Crippen LogP contribution in [0.2, 0.25) is 0 Å². The lowest BCUT2D eigenvalue weighted by Gasteiger charge is -2.38. The first-order valence-electron chi connectivity index (χ1n) is 13.1. The standard InChI is InChI=1S/C29H45N3O4S/c1-9-12-15-19-30-26(33)25(23-17-14-13-16-22(23)11-3)32(21(4)10-2)27(34)24(18-20-37-8)31-28(35)36-29(5,6)7/h3,13-14,16-17,21,24-25H,9-10,12,15,18-20H2,1-2,4-8H3,(H,30,33)(H,31,35). The highest BCUT2D eigenvalue weighted by Gasteiger charge is 2.39. The first-order valence-corrected chi connectivity index (χ1v) is 14.5. The van der Waals surface area contributed by atoms with Gasteiger partial charge in [-0.05, 0) is 70.6 Å². The van der Waals surface area contributed by atoms with Crippen molar-refractivity contribution in [2.45, 2.75) is 97.4 Å². The smallest absolute Gasteiger partial charge is 0.408 e. The third-order valence-electron chi connectivity index (χ3n) is 5.94. The zero-order chi connectivity index (χ0) is 28.0. The fourth-order valence-corrected chi connectivity index (χ4v) is 4.36. The van der Waals surface area contributed by atoms with Crippen molar-refractivity contribution in [1.29, 1.82) is 0 Å². The number of thioether (sulfide) groups is 1. The molecule has 1 aromatic rings. The van der Waals surface area contributed by atoms with Crippen LogP contribution in [0.15, 0.2) is 24.3 Å². The highest BCUT2D eigenvalue weighted by atomic mass is 32.2. The summed E-state index contributed by atoms with van der Waals surface area (Å²) in [7, 11) is 0. The van der Waals surface area contributed by atoms with Gasteiger partial charge >= 0.3 is 6.09 Å². The lowest BCUT2D eigenvalue weighted by atomic mass is 9.95. The van der Waals surface area contributed by atoms with E-state index in [4.69, 9.17) is 11.2 Å². The van der Waals surface area contributed by atoms with Crippen molar-refractivity contribution < 1.29 is 19.1 Å². The Hall–Kier alpha value is -2.66. The molecule has 0 heterocycles. The average Bonchev–Trinajstić information content (AvgIpc) is 2.85. The van der Waals surface area contributed by atoms with Crippen molar-refractivity contribution in [2.75, 3.05) is 18.6 Å². The number of terminal acetylenes is 1. The Morgan fingerprint density at radius 2 is 1.84 bits per heavy atom. The molecule has 37 heavy (non-hydrogen) atoms. The van der Waals surface area contributed by atoms with Gasteiger partial charge in [-0.15, -0.1) is 6.42 Å². The van der Waals surface area contributed by atoms with Gasteiger partial charge in [0.15, 0.2) is 0 Å². The third kappa shape index (κ3) is 10.7. The molecule has 0 aliphatic rings. The second-order valence-corrected chi connectivity index (χ2v) is 11.1. The van der Waals surface area contributed by atoms with E-state index in [1.807, 2.05) is 32.2 Å². The molecule has 3 atom stereocenters. The predicted octanol–water partition coefficient (Wildman–Crippen LogP) is 5.29. The fourth-order valence-electron chi connectivity index (χ4n) is 3.89. The molecule has 1 aromatic carbocycles. The zero-order valence-electron chi connectivity index (χ0n) is 23.6. The molecule has 0 bridgehead atoms. The molecule has 0 saturated carbocycles. The molecular weight excluding hydrogens is 486 g/mol. The zero-order valence-corrected chi connectivity index (χ0v) is 24.4. The van der Waals surface area contributed by atoms with Crippen molar-refractivity contribution in [1.82, 2.24) is 15.5 Å². The highest BCUT2D eigenvalue weighted by molar-refractivity contribution is 7.98. The van der Waals surface area contributed by atoms with Crippen LogP contribution in [0, 0.1) is 12.3 Å². The van der Waals surface area contributed by atoms with E-state index >= 15 is 0 Å². The van der Waals surface area contributed by atoms with E-state index in [1.54, 1.807) is 49.6 Å². The summed E-state index contributed by atoms with van der Waals surface area (Å²) in [5.74, 6) is 2.69. The maximum Gasteiger partial charge on any atom is 0.408 e. The molecule has 0 aliphatic heterocycles. The third-order valence-corrected chi connectivity index (χ3v) is 6.58. The molecule has 3 unspecified atom stereocenters. The largest absolute Gasteiger partial charge is 0.444 e. The number of nitrogens with one attached hydrogen (secondary N) is 2. The monoisotopic (exact) mass is 531 g/mol. The van der Waals surface area contributed by atoms with Crippen LogP contribution in [0.1, 0.15) is 90.8 Å². The van der Waals surface area contributed by atoms with Gasteiger partial charge in [0.2, 0.25) is 11.8 Å². The van der Waals surface area contributed by atoms with Gasteiger partial charge in [0.1, 0.15) is 17.7 Å². The predicted molar refractivity (Wildman–Crippen MR) is 152 cm³/mol. The minimum absolute atomic E-state index is 0.284. The summed E-state index contributed by atoms with van der Waals surface area (Å²) in [6.45, 7) is 11.8. The lowest BCUT2D eigenvalue weighted by Crippen LogP contribution is -2.55. The van der Waals surface area contributed by atoms with Crippen molar-refractivity contribution in [3.05, 3.63) is 35.4 Å². The summed E-state index contributed by atoms with van der Waals surface area (Å²) in [5.41, 5.74) is 0.436. The molecular formula is C29H45N3O4S. The minimum Gasteiger partial charge on any atom is -0.444 e. The van der Waals surface area contributed by atoms with Crippen molar-refractivity contribution in [2.24, 2.45) is 0 Å². The number of alkyl carbamates (subject to hydrolysis) is 1. The Morgan fingerprint density at radius 1 is 1.16 bits per heavy atom. The van der Waals surface area contributed by atoms with Crippen LogP contribution in [0.3, 0.4) is 0 Å². The molecule has 2 N–H and O–H groups in total. The first kappa shape index (κ1) is 32.4. The van der Waals surface area contributed by atoms with E-state index in [0.717, 1.165) is 19.3 Å². The van der Waals surface area contributed by atoms with Crippen LogP contribution >= 0.6 is 11.8 Å². The normalized spacial score (nSPS) is 13.6. The van der Waals surface area contributed by atoms with Crippen molar-refractivity contribution in [3.8, 4) is 12.3 Å². The Bertz CT molecular complexity index is 922. The Labute approximate surface area is 227 Å². The number of carbonyl (C=O) groups excluding carboxylic acids is 3. The molecule has 7 nitrogen and oxygen atoms in total. The second kappa shape index (κ2) is 16.2. The van der Waals surface area contributed by atoms with Crippen LogP contribution in [0.5, 0.6) is 0 Å². The summed E-state index contributed by atoms with van der Waals surface area (Å²) in [6, 6.07) is 5.12. The van der Waals surface area contributed by atoms with Gasteiger partial charge in [0, 0.05) is 18.2 Å². The van der Waals surface area contributed by atoms with E-state index in [-0.39, 0.29) is 17.9 Å². The number of rotatable bonds is 14. The second-order valence-electron chi connectivity index (χ2n) is 10.1. The summed E-state index contributed by atoms with van der Waals surface area (Å²) < 4.78 is 5.44. The van der Waals surface area contributed by atoms with Crippen molar-refractivity contribution >= 4 is 29.7 Å². The molecule has 0 radical (unpaired) electrons. The van der Waals surface area contributed by atoms with Gasteiger partial charge in [0.05, 0.1) is 0 Å². The number of amides is 3. The molecule has 0 spiro atoms. The average molecular weight is 532 g/mol. The SMILES string of the molecule is C#Cc1ccccc1C(C(=O)NCCCCC)N(C(=O)C(CCSC)NC(=O)OC(C)(C)C)C(C)CC. The molecule has 8 heteroatoms. The number of ether oxygens (including phenoxy) is 1. The fraction of sp³-hybridized carbons (Fsp3) is 0.621. The lowest BCUT2D eigenvalue weighted by molar-refractivity contribution is -0.145. The van der Waals surface area contributed by atoms with Gasteiger partial charge in [0.25, 0.3) is 0 Å². The summed E-state index contributed by atoms with van der Waals surface area (Å²) in [4.78, 5) is 42.1. The molecule has 1 rings (SSSR count). The van der Waals surface area contributed by atoms with E-state index in [2.05, 4.69) is 23.5 Å². The number of unbranched alkanes of at least 4 members (excludes halogenated alkanes) is 2. The van der Waals surface area contributed by atoms with E-state index in [1.165, 1.54) is 0 Å². The molecule has 0 aromatic heterocycles. The molecule has 0 aliphatic carbocycles. The Balaban J connectivity index is 3.52. The first-order chi connectivity index (χ1) is 17.5. The van der Waals surface area contributed by atoms with Gasteiger partial charge in [-0.1, -0.05) is 50.8 Å². The van der Waals surface area contributed by atoms with Crippen LogP contribution in [-0.4, -0.2) is 59.0 Å². The quantitative estimate of drug-likeness (QED) is 0.252. The topological polar surface area (TPSA) is 87.7 Å². The van der Waals surface area contributed by atoms with E-state index in [0.29, 0.717) is 36.3 Å². The number of hydrogen-bond acceptors (Lipinski definition) is 5. The number of hydrogen-bond donors (Lipinski definition) is 2. The highest BCUT2D eigenvalue weighted by Crippen LogP contribution is 2.29. The minimum atomic E-state index is -0.937. The Morgan fingerprint density at radius 3 is 2.41 bits per heavy atom. The van der Waals surface area contributed by atoms with Crippen molar-refractivity contribution in [3.63, 3.8) is 0 Å². The van der Waals surface area contributed by atoms with Gasteiger partial charge in [-0.25, -0.2) is 4.79 Å². The van der Waals surface area contributed by atoms with Crippen LogP contribution < -0.4 is 10.6 Å². The van der Waals surface area contributed by atoms with Gasteiger partial charge in [-0.2, -0.15) is 11.8 Å². The van der Waals surface area contributed by atoms with Gasteiger partial charge < -0.3 is 20.3 Å². The van der Waals surface area contributed by atoms with Crippen LogP contribution in [-0.2, 0) is 14.3 Å².